The number of allylic oxidation sites excluding steroid dienone is 1. The first kappa shape index (κ1) is 23.3. The van der Waals surface area contributed by atoms with Crippen LogP contribution in [0.3, 0.4) is 0 Å². The maximum absolute atomic E-state index is 11.9. The molecule has 1 aromatic carbocycles. The second-order valence-corrected chi connectivity index (χ2v) is 7.83. The molecule has 0 amide bonds. The number of aromatic nitrogens is 2. The smallest absolute Gasteiger partial charge is 0.310 e. The van der Waals surface area contributed by atoms with E-state index >= 15 is 0 Å². The molecule has 3 rings (SSSR count). The molecule has 0 saturated heterocycles. The topological polar surface area (TPSA) is 56.2 Å². The van der Waals surface area contributed by atoms with Crippen molar-refractivity contribution in [1.29, 1.82) is 0 Å². The maximum atomic E-state index is 11.9. The Morgan fingerprint density at radius 2 is 2.00 bits per heavy atom. The van der Waals surface area contributed by atoms with Crippen LogP contribution in [0, 0.1) is 0 Å². The van der Waals surface area contributed by atoms with Crippen molar-refractivity contribution in [2.45, 2.75) is 45.6 Å². The van der Waals surface area contributed by atoms with Gasteiger partial charge in [-0.15, -0.1) is 0 Å². The predicted molar refractivity (Wildman–Crippen MR) is 131 cm³/mol. The summed E-state index contributed by atoms with van der Waals surface area (Å²) < 4.78 is 7.40. The summed E-state index contributed by atoms with van der Waals surface area (Å²) in [7, 11) is 0. The summed E-state index contributed by atoms with van der Waals surface area (Å²) in [6, 6.07) is 12.2. The van der Waals surface area contributed by atoms with Crippen LogP contribution in [-0.4, -0.2) is 28.7 Å². The average Bonchev–Trinajstić information content (AvgIpc) is 3.15. The van der Waals surface area contributed by atoms with Crippen molar-refractivity contribution >= 4 is 22.9 Å². The fraction of sp³-hybridized carbons (Fsp3) is 0.333. The first-order chi connectivity index (χ1) is 15.7. The summed E-state index contributed by atoms with van der Waals surface area (Å²) in [5, 5.41) is 4.51. The number of rotatable bonds is 13. The van der Waals surface area contributed by atoms with Crippen LogP contribution in [0.25, 0.3) is 17.0 Å². The van der Waals surface area contributed by atoms with Gasteiger partial charge in [0.1, 0.15) is 0 Å². The molecular weight excluding hydrogens is 398 g/mol. The lowest BCUT2D eigenvalue weighted by Crippen LogP contribution is -2.12. The standard InChI is InChI=1S/C27H33N3O2/c1-3-32-27(31)19-24-21-30(26-13-7-6-12-25(24)26)18-9-5-4-8-17-29-22(2)14-15-23-11-10-16-28-20-23/h6-7,10-16,20-21,29H,2-5,8-9,17-19H2,1H3/b15-14+. The number of ether oxygens (including phenoxy) is 1. The molecule has 0 unspecified atom stereocenters. The van der Waals surface area contributed by atoms with E-state index < -0.39 is 0 Å². The fourth-order valence-corrected chi connectivity index (χ4v) is 3.76. The summed E-state index contributed by atoms with van der Waals surface area (Å²) in [5.74, 6) is -0.167. The molecule has 0 spiro atoms. The number of unbranched alkanes of at least 4 members (excludes halogenated alkanes) is 3. The van der Waals surface area contributed by atoms with Crippen molar-refractivity contribution < 1.29 is 9.53 Å². The summed E-state index contributed by atoms with van der Waals surface area (Å²) in [6.07, 6.45) is 14.6. The van der Waals surface area contributed by atoms with E-state index in [1.807, 2.05) is 49.5 Å². The molecule has 0 fully saturated rings. The van der Waals surface area contributed by atoms with Gasteiger partial charge in [0.25, 0.3) is 0 Å². The predicted octanol–water partition coefficient (Wildman–Crippen LogP) is 5.52. The Kier molecular flexibility index (Phi) is 9.11. The van der Waals surface area contributed by atoms with E-state index in [2.05, 4.69) is 39.8 Å². The van der Waals surface area contributed by atoms with Gasteiger partial charge in [-0.3, -0.25) is 9.78 Å². The van der Waals surface area contributed by atoms with Crippen LogP contribution in [0.1, 0.15) is 43.7 Å². The molecule has 0 aliphatic rings. The lowest BCUT2D eigenvalue weighted by molar-refractivity contribution is -0.142. The van der Waals surface area contributed by atoms with Gasteiger partial charge in [-0.2, -0.15) is 0 Å². The Balaban J connectivity index is 1.38. The van der Waals surface area contributed by atoms with Gasteiger partial charge in [0, 0.05) is 48.3 Å². The second-order valence-electron chi connectivity index (χ2n) is 7.83. The minimum Gasteiger partial charge on any atom is -0.466 e. The molecule has 0 saturated carbocycles. The van der Waals surface area contributed by atoms with Crippen molar-refractivity contribution in [3.05, 3.63) is 84.5 Å². The van der Waals surface area contributed by atoms with Gasteiger partial charge < -0.3 is 14.6 Å². The van der Waals surface area contributed by atoms with Crippen LogP contribution in [0.15, 0.2) is 73.3 Å². The molecule has 5 heteroatoms. The molecule has 0 aliphatic heterocycles. The van der Waals surface area contributed by atoms with Gasteiger partial charge in [0.15, 0.2) is 0 Å². The third-order valence-electron chi connectivity index (χ3n) is 5.35. The Labute approximate surface area is 190 Å². The van der Waals surface area contributed by atoms with Crippen LogP contribution in [-0.2, 0) is 22.5 Å². The molecular formula is C27H33N3O2. The lowest BCUT2D eigenvalue weighted by Gasteiger charge is -2.07. The molecule has 3 aromatic rings. The van der Waals surface area contributed by atoms with Crippen molar-refractivity contribution in [3.63, 3.8) is 0 Å². The van der Waals surface area contributed by atoms with Gasteiger partial charge in [0.2, 0.25) is 0 Å². The summed E-state index contributed by atoms with van der Waals surface area (Å²) in [5.41, 5.74) is 4.21. The van der Waals surface area contributed by atoms with Crippen molar-refractivity contribution in [1.82, 2.24) is 14.9 Å². The molecule has 0 aliphatic carbocycles. The highest BCUT2D eigenvalue weighted by molar-refractivity contribution is 5.87. The van der Waals surface area contributed by atoms with Crippen molar-refractivity contribution in [2.24, 2.45) is 0 Å². The normalized spacial score (nSPS) is 11.2. The zero-order valence-corrected chi connectivity index (χ0v) is 18.9. The number of nitrogens with one attached hydrogen (secondary N) is 1. The largest absolute Gasteiger partial charge is 0.466 e. The molecule has 0 bridgehead atoms. The Morgan fingerprint density at radius 3 is 2.81 bits per heavy atom. The molecule has 0 radical (unpaired) electrons. The van der Waals surface area contributed by atoms with E-state index in [-0.39, 0.29) is 5.97 Å². The van der Waals surface area contributed by atoms with Crippen LogP contribution in [0.5, 0.6) is 0 Å². The first-order valence-electron chi connectivity index (χ1n) is 11.4. The zero-order chi connectivity index (χ0) is 22.6. The summed E-state index contributed by atoms with van der Waals surface area (Å²) in [4.78, 5) is 16.0. The number of benzene rings is 1. The Hall–Kier alpha value is -3.34. The average molecular weight is 432 g/mol. The summed E-state index contributed by atoms with van der Waals surface area (Å²) >= 11 is 0. The zero-order valence-electron chi connectivity index (χ0n) is 18.9. The summed E-state index contributed by atoms with van der Waals surface area (Å²) in [6.45, 7) is 8.19. The number of aryl methyl sites for hydroxylation is 1. The van der Waals surface area contributed by atoms with Crippen LogP contribution < -0.4 is 5.32 Å². The number of hydrogen-bond acceptors (Lipinski definition) is 4. The molecule has 1 N–H and O–H groups in total. The van der Waals surface area contributed by atoms with E-state index in [4.69, 9.17) is 4.74 Å². The highest BCUT2D eigenvalue weighted by atomic mass is 16.5. The Morgan fingerprint density at radius 1 is 1.16 bits per heavy atom. The SMILES string of the molecule is C=C(/C=C/c1cccnc1)NCCCCCCn1cc(CC(=O)OCC)c2ccccc21. The van der Waals surface area contributed by atoms with E-state index in [0.717, 1.165) is 48.1 Å². The van der Waals surface area contributed by atoms with E-state index in [9.17, 15) is 4.79 Å². The van der Waals surface area contributed by atoms with Gasteiger partial charge in [-0.25, -0.2) is 0 Å². The minimum absolute atomic E-state index is 0.167. The number of carbonyl (C=O) groups is 1. The highest BCUT2D eigenvalue weighted by Crippen LogP contribution is 2.23. The number of esters is 1. The van der Waals surface area contributed by atoms with Gasteiger partial charge in [0.05, 0.1) is 13.0 Å². The number of hydrogen-bond donors (Lipinski definition) is 1. The number of carbonyl (C=O) groups excluding carboxylic acids is 1. The van der Waals surface area contributed by atoms with Crippen LogP contribution in [0.4, 0.5) is 0 Å². The molecule has 2 aromatic heterocycles. The minimum atomic E-state index is -0.167. The number of pyridine rings is 1. The van der Waals surface area contributed by atoms with Crippen molar-refractivity contribution in [3.8, 4) is 0 Å². The number of nitrogens with zero attached hydrogens (tertiary/aromatic N) is 2. The van der Waals surface area contributed by atoms with Gasteiger partial charge >= 0.3 is 5.97 Å². The first-order valence-corrected chi connectivity index (χ1v) is 11.4. The fourth-order valence-electron chi connectivity index (χ4n) is 3.76. The molecule has 2 heterocycles. The van der Waals surface area contributed by atoms with Crippen LogP contribution in [0.2, 0.25) is 0 Å². The van der Waals surface area contributed by atoms with E-state index in [1.165, 1.54) is 18.4 Å². The third kappa shape index (κ3) is 7.12. The highest BCUT2D eigenvalue weighted by Gasteiger charge is 2.12. The lowest BCUT2D eigenvalue weighted by atomic mass is 10.1. The van der Waals surface area contributed by atoms with E-state index in [0.29, 0.717) is 13.0 Å². The van der Waals surface area contributed by atoms with Gasteiger partial charge in [-0.05, 0) is 49.1 Å². The third-order valence-corrected chi connectivity index (χ3v) is 5.35. The number of para-hydroxylation sites is 1. The second kappa shape index (κ2) is 12.5. The van der Waals surface area contributed by atoms with Crippen LogP contribution >= 0.6 is 0 Å². The molecule has 0 atom stereocenters. The van der Waals surface area contributed by atoms with E-state index in [1.54, 1.807) is 6.20 Å². The Bertz CT molecular complexity index is 1040. The molecule has 32 heavy (non-hydrogen) atoms. The van der Waals surface area contributed by atoms with Crippen molar-refractivity contribution in [2.75, 3.05) is 13.2 Å². The monoisotopic (exact) mass is 431 g/mol. The maximum Gasteiger partial charge on any atom is 0.310 e. The molecule has 168 valence electrons. The quantitative estimate of drug-likeness (QED) is 0.220. The van der Waals surface area contributed by atoms with Gasteiger partial charge in [-0.1, -0.05) is 49.8 Å². The number of fused-ring (bicyclic) bond motifs is 1. The molecule has 5 nitrogen and oxygen atoms in total.